The fraction of sp³-hybridized carbons (Fsp3) is 0.250. The summed E-state index contributed by atoms with van der Waals surface area (Å²) in [5, 5.41) is 4.27. The van der Waals surface area contributed by atoms with E-state index in [2.05, 4.69) is 26.4 Å². The van der Waals surface area contributed by atoms with Crippen molar-refractivity contribution in [3.8, 4) is 22.6 Å². The molecule has 2 aromatic carbocycles. The number of benzene rings is 2. The van der Waals surface area contributed by atoms with Gasteiger partial charge in [-0.1, -0.05) is 6.92 Å². The first-order valence-corrected chi connectivity index (χ1v) is 12.3. The molecule has 0 radical (unpaired) electrons. The van der Waals surface area contributed by atoms with Crippen LogP contribution in [0.1, 0.15) is 31.6 Å². The van der Waals surface area contributed by atoms with Crippen LogP contribution in [0.2, 0.25) is 0 Å². The molecule has 1 aliphatic rings. The number of nitrogens with zero attached hydrogens (tertiary/aromatic N) is 5. The summed E-state index contributed by atoms with van der Waals surface area (Å²) < 4.78 is 32.1. The highest BCUT2D eigenvalue weighted by atomic mass is 19.1. The van der Waals surface area contributed by atoms with E-state index in [4.69, 9.17) is 9.97 Å². The van der Waals surface area contributed by atoms with E-state index in [9.17, 15) is 8.78 Å². The van der Waals surface area contributed by atoms with Crippen molar-refractivity contribution in [2.45, 2.75) is 38.8 Å². The number of imidazole rings is 1. The van der Waals surface area contributed by atoms with Gasteiger partial charge in [-0.3, -0.25) is 0 Å². The summed E-state index contributed by atoms with van der Waals surface area (Å²) in [4.78, 5) is 14.2. The number of hydrogen-bond acceptors (Lipinski definition) is 4. The number of anilines is 1. The smallest absolute Gasteiger partial charge is 0.223 e. The van der Waals surface area contributed by atoms with Crippen LogP contribution in [0, 0.1) is 11.6 Å². The molecule has 0 amide bonds. The third kappa shape index (κ3) is 4.02. The lowest BCUT2D eigenvalue weighted by Gasteiger charge is -2.19. The van der Waals surface area contributed by atoms with Crippen LogP contribution >= 0.6 is 0 Å². The quantitative estimate of drug-likeness (QED) is 0.297. The Morgan fingerprint density at radius 1 is 1.00 bits per heavy atom. The van der Waals surface area contributed by atoms with Crippen molar-refractivity contribution in [3.05, 3.63) is 84.4 Å². The summed E-state index contributed by atoms with van der Waals surface area (Å²) in [7, 11) is 0. The fourth-order valence-electron chi connectivity index (χ4n) is 5.06. The van der Waals surface area contributed by atoms with E-state index in [1.165, 1.54) is 18.2 Å². The standard InChI is InChI=1S/C28H26F2N6/c1-2-13-31-28-32-14-11-23(33-28)27-26(19-4-6-20(29)7-5-19)34-25-10-9-22(36(25)27)17-35-15-12-18-3-8-21(30)16-24(18)35/h3-8,11-12,14-16,22H,2,9-10,13,17H2,1H3,(H,31,32,33). The van der Waals surface area contributed by atoms with Gasteiger partial charge in [-0.2, -0.15) is 0 Å². The summed E-state index contributed by atoms with van der Waals surface area (Å²) in [6.07, 6.45) is 6.46. The Bertz CT molecular complexity index is 1540. The second kappa shape index (κ2) is 9.18. The minimum atomic E-state index is -0.287. The molecule has 0 fully saturated rings. The van der Waals surface area contributed by atoms with Crippen molar-refractivity contribution < 1.29 is 8.78 Å². The van der Waals surface area contributed by atoms with Crippen LogP contribution in [-0.4, -0.2) is 30.6 Å². The minimum Gasteiger partial charge on any atom is -0.354 e. The lowest BCUT2D eigenvalue weighted by atomic mass is 10.1. The molecule has 0 bridgehead atoms. The first-order chi connectivity index (χ1) is 17.6. The molecule has 8 heteroatoms. The lowest BCUT2D eigenvalue weighted by molar-refractivity contribution is 0.459. The van der Waals surface area contributed by atoms with E-state index in [0.717, 1.165) is 65.2 Å². The zero-order chi connectivity index (χ0) is 24.6. The Balaban J connectivity index is 1.46. The SMILES string of the molecule is CCCNc1nccc(-c2c(-c3ccc(F)cc3)nc3n2C(Cn2ccc4ccc(F)cc42)CC3)n1. The van der Waals surface area contributed by atoms with Gasteiger partial charge >= 0.3 is 0 Å². The van der Waals surface area contributed by atoms with Crippen LogP contribution in [0.4, 0.5) is 14.7 Å². The van der Waals surface area contributed by atoms with Crippen molar-refractivity contribution in [1.29, 1.82) is 0 Å². The van der Waals surface area contributed by atoms with E-state index in [1.54, 1.807) is 24.4 Å². The minimum absolute atomic E-state index is 0.109. The molecule has 6 rings (SSSR count). The monoisotopic (exact) mass is 484 g/mol. The molecule has 36 heavy (non-hydrogen) atoms. The second-order valence-corrected chi connectivity index (χ2v) is 9.16. The van der Waals surface area contributed by atoms with E-state index in [1.807, 2.05) is 24.4 Å². The Morgan fingerprint density at radius 3 is 2.67 bits per heavy atom. The molecule has 6 nitrogen and oxygen atoms in total. The Labute approximate surface area is 207 Å². The highest BCUT2D eigenvalue weighted by molar-refractivity contribution is 5.80. The molecule has 1 atom stereocenters. The normalized spacial score (nSPS) is 14.9. The van der Waals surface area contributed by atoms with Crippen LogP contribution in [0.15, 0.2) is 67.0 Å². The van der Waals surface area contributed by atoms with Crippen LogP contribution in [-0.2, 0) is 13.0 Å². The molecule has 4 heterocycles. The molecule has 0 saturated carbocycles. The van der Waals surface area contributed by atoms with Gasteiger partial charge in [0.05, 0.1) is 28.6 Å². The molecule has 5 aromatic rings. The van der Waals surface area contributed by atoms with Gasteiger partial charge in [0.25, 0.3) is 0 Å². The van der Waals surface area contributed by atoms with Gasteiger partial charge in [0.2, 0.25) is 5.95 Å². The van der Waals surface area contributed by atoms with Crippen LogP contribution in [0.3, 0.4) is 0 Å². The van der Waals surface area contributed by atoms with Crippen molar-refractivity contribution in [2.24, 2.45) is 0 Å². The fourth-order valence-corrected chi connectivity index (χ4v) is 5.06. The van der Waals surface area contributed by atoms with Crippen molar-refractivity contribution >= 4 is 16.9 Å². The maximum Gasteiger partial charge on any atom is 0.223 e. The van der Waals surface area contributed by atoms with Gasteiger partial charge in [-0.05, 0) is 72.8 Å². The third-order valence-corrected chi connectivity index (χ3v) is 6.74. The summed E-state index contributed by atoms with van der Waals surface area (Å²) in [5.41, 5.74) is 4.14. The topological polar surface area (TPSA) is 60.6 Å². The van der Waals surface area contributed by atoms with Gasteiger partial charge in [-0.15, -0.1) is 0 Å². The molecule has 0 spiro atoms. The Hall–Kier alpha value is -4.07. The average Bonchev–Trinajstić information content (AvgIpc) is 3.58. The number of hydrogen-bond donors (Lipinski definition) is 1. The first kappa shape index (κ1) is 22.4. The largest absolute Gasteiger partial charge is 0.354 e. The van der Waals surface area contributed by atoms with E-state index in [-0.39, 0.29) is 17.7 Å². The lowest BCUT2D eigenvalue weighted by Crippen LogP contribution is -2.14. The zero-order valence-electron chi connectivity index (χ0n) is 20.0. The van der Waals surface area contributed by atoms with Gasteiger partial charge in [-0.25, -0.2) is 23.7 Å². The highest BCUT2D eigenvalue weighted by Crippen LogP contribution is 2.40. The number of rotatable bonds is 7. The summed E-state index contributed by atoms with van der Waals surface area (Å²) in [5.74, 6) is 1.00. The van der Waals surface area contributed by atoms with Crippen molar-refractivity contribution in [1.82, 2.24) is 24.1 Å². The number of nitrogens with one attached hydrogen (secondary N) is 1. The average molecular weight is 485 g/mol. The summed E-state index contributed by atoms with van der Waals surface area (Å²) in [6.45, 7) is 3.55. The highest BCUT2D eigenvalue weighted by Gasteiger charge is 2.31. The summed E-state index contributed by atoms with van der Waals surface area (Å²) >= 11 is 0. The van der Waals surface area contributed by atoms with E-state index in [0.29, 0.717) is 12.5 Å². The maximum atomic E-state index is 14.0. The van der Waals surface area contributed by atoms with Gasteiger partial charge in [0, 0.05) is 37.5 Å². The number of fused-ring (bicyclic) bond motifs is 2. The van der Waals surface area contributed by atoms with Crippen LogP contribution < -0.4 is 5.32 Å². The van der Waals surface area contributed by atoms with Crippen LogP contribution in [0.5, 0.6) is 0 Å². The Morgan fingerprint density at radius 2 is 1.83 bits per heavy atom. The van der Waals surface area contributed by atoms with Gasteiger partial charge in [0.1, 0.15) is 17.5 Å². The van der Waals surface area contributed by atoms with Gasteiger partial charge < -0.3 is 14.5 Å². The van der Waals surface area contributed by atoms with E-state index >= 15 is 0 Å². The summed E-state index contributed by atoms with van der Waals surface area (Å²) in [6, 6.07) is 15.3. The molecule has 0 saturated heterocycles. The van der Waals surface area contributed by atoms with Gasteiger partial charge in [0.15, 0.2) is 0 Å². The third-order valence-electron chi connectivity index (χ3n) is 6.74. The predicted octanol–water partition coefficient (Wildman–Crippen LogP) is 6.25. The number of aromatic nitrogens is 5. The van der Waals surface area contributed by atoms with Crippen molar-refractivity contribution in [3.63, 3.8) is 0 Å². The molecule has 0 aliphatic carbocycles. The predicted molar refractivity (Wildman–Crippen MR) is 137 cm³/mol. The second-order valence-electron chi connectivity index (χ2n) is 9.16. The molecular weight excluding hydrogens is 458 g/mol. The molecular formula is C28H26F2N6. The van der Waals surface area contributed by atoms with Crippen LogP contribution in [0.25, 0.3) is 33.5 Å². The Kier molecular flexibility index (Phi) is 5.71. The zero-order valence-corrected chi connectivity index (χ0v) is 20.0. The number of halogens is 2. The van der Waals surface area contributed by atoms with Crippen molar-refractivity contribution in [2.75, 3.05) is 11.9 Å². The number of aryl methyl sites for hydroxylation is 1. The molecule has 1 unspecified atom stereocenters. The molecule has 3 aromatic heterocycles. The maximum absolute atomic E-state index is 14.0. The molecule has 182 valence electrons. The molecule has 1 N–H and O–H groups in total. The van der Waals surface area contributed by atoms with E-state index < -0.39 is 0 Å². The first-order valence-electron chi connectivity index (χ1n) is 12.3. The molecule has 1 aliphatic heterocycles.